The lowest BCUT2D eigenvalue weighted by Gasteiger charge is -1.98. The van der Waals surface area contributed by atoms with Crippen LogP contribution in [0.3, 0.4) is 0 Å². The number of amides is 1. The molecular weight excluding hydrogens is 264 g/mol. The highest BCUT2D eigenvalue weighted by atomic mass is 35.5. The maximum absolute atomic E-state index is 11.6. The number of halogens is 1. The summed E-state index contributed by atoms with van der Waals surface area (Å²) in [6.07, 6.45) is 6.45. The molecular formula is C14H11ClN2O2. The van der Waals surface area contributed by atoms with Crippen molar-refractivity contribution in [2.45, 2.75) is 0 Å². The molecule has 0 aliphatic carbocycles. The zero-order valence-corrected chi connectivity index (χ0v) is 10.7. The summed E-state index contributed by atoms with van der Waals surface area (Å²) < 4.78 is 5.09. The first-order valence-electron chi connectivity index (χ1n) is 5.55. The van der Waals surface area contributed by atoms with Crippen LogP contribution in [0.5, 0.6) is 0 Å². The fourth-order valence-electron chi connectivity index (χ4n) is 1.33. The molecule has 96 valence electrons. The van der Waals surface area contributed by atoms with E-state index in [0.717, 1.165) is 5.76 Å². The second-order valence-electron chi connectivity index (χ2n) is 3.60. The molecule has 2 aromatic rings. The number of furan rings is 1. The second-order valence-corrected chi connectivity index (χ2v) is 4.04. The van der Waals surface area contributed by atoms with Crippen LogP contribution in [-0.2, 0) is 0 Å². The Morgan fingerprint density at radius 1 is 1.26 bits per heavy atom. The molecule has 1 aromatic carbocycles. The molecule has 1 amide bonds. The van der Waals surface area contributed by atoms with E-state index in [-0.39, 0.29) is 5.91 Å². The van der Waals surface area contributed by atoms with Crippen LogP contribution in [0.1, 0.15) is 16.1 Å². The van der Waals surface area contributed by atoms with E-state index in [2.05, 4.69) is 10.5 Å². The van der Waals surface area contributed by atoms with Gasteiger partial charge in [0.05, 0.1) is 6.26 Å². The van der Waals surface area contributed by atoms with E-state index in [1.165, 1.54) is 6.21 Å². The first kappa shape index (κ1) is 13.1. The van der Waals surface area contributed by atoms with Crippen LogP contribution in [0.15, 0.2) is 58.3 Å². The van der Waals surface area contributed by atoms with Gasteiger partial charge >= 0.3 is 0 Å². The maximum atomic E-state index is 11.6. The lowest BCUT2D eigenvalue weighted by Crippen LogP contribution is -2.17. The first-order valence-corrected chi connectivity index (χ1v) is 5.92. The van der Waals surface area contributed by atoms with E-state index in [0.29, 0.717) is 10.6 Å². The Morgan fingerprint density at radius 2 is 2.05 bits per heavy atom. The zero-order chi connectivity index (χ0) is 13.5. The van der Waals surface area contributed by atoms with Gasteiger partial charge in [-0.15, -0.1) is 0 Å². The van der Waals surface area contributed by atoms with Crippen LogP contribution in [0.2, 0.25) is 5.02 Å². The minimum absolute atomic E-state index is 0.292. The van der Waals surface area contributed by atoms with E-state index in [4.69, 9.17) is 16.0 Å². The van der Waals surface area contributed by atoms with Crippen LogP contribution in [-0.4, -0.2) is 12.1 Å². The largest absolute Gasteiger partial charge is 0.465 e. The number of rotatable bonds is 4. The van der Waals surface area contributed by atoms with Crippen molar-refractivity contribution in [3.8, 4) is 0 Å². The molecule has 0 atom stereocenters. The SMILES string of the molecule is O=C(N/N=C\C=C\c1ccco1)c1ccc(Cl)cc1. The summed E-state index contributed by atoms with van der Waals surface area (Å²) in [5.74, 6) is 0.426. The third-order valence-corrected chi connectivity index (χ3v) is 2.49. The number of benzene rings is 1. The average molecular weight is 275 g/mol. The molecule has 1 heterocycles. The predicted octanol–water partition coefficient (Wildman–Crippen LogP) is 3.36. The predicted molar refractivity (Wildman–Crippen MR) is 75.2 cm³/mol. The summed E-state index contributed by atoms with van der Waals surface area (Å²) in [4.78, 5) is 11.6. The third-order valence-electron chi connectivity index (χ3n) is 2.24. The Kier molecular flexibility index (Phi) is 4.53. The number of nitrogens with zero attached hydrogens (tertiary/aromatic N) is 1. The fraction of sp³-hybridized carbons (Fsp3) is 0. The number of hydrazone groups is 1. The Bertz CT molecular complexity index is 586. The van der Waals surface area contributed by atoms with E-state index < -0.39 is 0 Å². The highest BCUT2D eigenvalue weighted by Gasteiger charge is 2.02. The Labute approximate surface area is 115 Å². The fourth-order valence-corrected chi connectivity index (χ4v) is 1.45. The van der Waals surface area contributed by atoms with Crippen molar-refractivity contribution in [2.24, 2.45) is 5.10 Å². The van der Waals surface area contributed by atoms with E-state index in [9.17, 15) is 4.79 Å². The van der Waals surface area contributed by atoms with Gasteiger partial charge in [-0.1, -0.05) is 11.6 Å². The summed E-state index contributed by atoms with van der Waals surface area (Å²) in [5.41, 5.74) is 2.90. The summed E-state index contributed by atoms with van der Waals surface area (Å²) in [7, 11) is 0. The molecule has 1 aromatic heterocycles. The molecule has 1 N–H and O–H groups in total. The van der Waals surface area contributed by atoms with Gasteiger partial charge in [0.2, 0.25) is 0 Å². The molecule has 0 saturated heterocycles. The number of carbonyl (C=O) groups is 1. The van der Waals surface area contributed by atoms with Crippen molar-refractivity contribution in [1.29, 1.82) is 0 Å². The average Bonchev–Trinajstić information content (AvgIpc) is 2.92. The van der Waals surface area contributed by atoms with Gasteiger partial charge in [-0.2, -0.15) is 5.10 Å². The van der Waals surface area contributed by atoms with Gasteiger partial charge in [0, 0.05) is 16.8 Å². The molecule has 0 aliphatic heterocycles. The summed E-state index contributed by atoms with van der Waals surface area (Å²) in [6.45, 7) is 0. The van der Waals surface area contributed by atoms with E-state index >= 15 is 0 Å². The second kappa shape index (κ2) is 6.56. The number of carbonyl (C=O) groups excluding carboxylic acids is 1. The van der Waals surface area contributed by atoms with Gasteiger partial charge < -0.3 is 4.42 Å². The molecule has 0 fully saturated rings. The Morgan fingerprint density at radius 3 is 2.74 bits per heavy atom. The molecule has 0 radical (unpaired) electrons. The van der Waals surface area contributed by atoms with Crippen LogP contribution in [0.25, 0.3) is 6.08 Å². The van der Waals surface area contributed by atoms with E-state index in [1.54, 1.807) is 48.7 Å². The Hall–Kier alpha value is -2.33. The van der Waals surface area contributed by atoms with Crippen molar-refractivity contribution < 1.29 is 9.21 Å². The van der Waals surface area contributed by atoms with Crippen LogP contribution < -0.4 is 5.43 Å². The monoisotopic (exact) mass is 274 g/mol. The zero-order valence-electron chi connectivity index (χ0n) is 9.92. The quantitative estimate of drug-likeness (QED) is 0.686. The standard InChI is InChI=1S/C14H11ClN2O2/c15-12-7-5-11(6-8-12)14(18)17-16-9-1-3-13-4-2-10-19-13/h1-10H,(H,17,18)/b3-1+,16-9-. The topological polar surface area (TPSA) is 54.6 Å². The molecule has 19 heavy (non-hydrogen) atoms. The molecule has 4 nitrogen and oxygen atoms in total. The normalized spacial score (nSPS) is 11.2. The Balaban J connectivity index is 1.85. The molecule has 2 rings (SSSR count). The van der Waals surface area contributed by atoms with Gasteiger partial charge in [0.15, 0.2) is 0 Å². The van der Waals surface area contributed by atoms with E-state index in [1.807, 2.05) is 6.07 Å². The third kappa shape index (κ3) is 4.12. The minimum atomic E-state index is -0.292. The molecule has 0 bridgehead atoms. The lowest BCUT2D eigenvalue weighted by molar-refractivity contribution is 0.0955. The van der Waals surface area contributed by atoms with Gasteiger partial charge in [-0.05, 0) is 48.6 Å². The van der Waals surface area contributed by atoms with Crippen molar-refractivity contribution in [2.75, 3.05) is 0 Å². The molecule has 0 saturated carbocycles. The van der Waals surface area contributed by atoms with Gasteiger partial charge in [-0.3, -0.25) is 4.79 Å². The van der Waals surface area contributed by atoms with Gasteiger partial charge in [0.25, 0.3) is 5.91 Å². The maximum Gasteiger partial charge on any atom is 0.271 e. The minimum Gasteiger partial charge on any atom is -0.465 e. The highest BCUT2D eigenvalue weighted by Crippen LogP contribution is 2.09. The molecule has 5 heteroatoms. The summed E-state index contributed by atoms with van der Waals surface area (Å²) >= 11 is 5.73. The van der Waals surface area contributed by atoms with Crippen molar-refractivity contribution in [1.82, 2.24) is 5.43 Å². The van der Waals surface area contributed by atoms with Crippen LogP contribution in [0, 0.1) is 0 Å². The lowest BCUT2D eigenvalue weighted by atomic mass is 10.2. The molecule has 0 spiro atoms. The van der Waals surface area contributed by atoms with Crippen LogP contribution in [0.4, 0.5) is 0 Å². The number of nitrogens with one attached hydrogen (secondary N) is 1. The molecule has 0 unspecified atom stereocenters. The van der Waals surface area contributed by atoms with Crippen molar-refractivity contribution in [3.63, 3.8) is 0 Å². The van der Waals surface area contributed by atoms with Gasteiger partial charge in [-0.25, -0.2) is 5.43 Å². The number of allylic oxidation sites excluding steroid dienone is 1. The summed E-state index contributed by atoms with van der Waals surface area (Å²) in [6, 6.07) is 10.2. The van der Waals surface area contributed by atoms with Crippen LogP contribution >= 0.6 is 11.6 Å². The first-order chi connectivity index (χ1) is 9.25. The molecule has 0 aliphatic rings. The van der Waals surface area contributed by atoms with Gasteiger partial charge in [0.1, 0.15) is 5.76 Å². The van der Waals surface area contributed by atoms with Crippen molar-refractivity contribution in [3.05, 3.63) is 65.1 Å². The van der Waals surface area contributed by atoms with Crippen molar-refractivity contribution >= 4 is 29.8 Å². The smallest absolute Gasteiger partial charge is 0.271 e. The number of hydrogen-bond donors (Lipinski definition) is 1. The number of hydrogen-bond acceptors (Lipinski definition) is 3. The summed E-state index contributed by atoms with van der Waals surface area (Å²) in [5, 5.41) is 4.37. The highest BCUT2D eigenvalue weighted by molar-refractivity contribution is 6.30.